The molecule has 1 amide bonds. The number of hydrogen-bond acceptors (Lipinski definition) is 2. The summed E-state index contributed by atoms with van der Waals surface area (Å²) in [4.78, 5) is 14.4. The summed E-state index contributed by atoms with van der Waals surface area (Å²) in [6.45, 7) is 1.35. The number of nitrogens with zero attached hydrogens (tertiary/aromatic N) is 1. The SMILES string of the molecule is CN(C(=O)C1CCOC1)C1CCC(c2ccccc2)CC1. The predicted molar refractivity (Wildman–Crippen MR) is 83.1 cm³/mol. The second-order valence-corrected chi connectivity index (χ2v) is 6.43. The van der Waals surface area contributed by atoms with Crippen LogP contribution in [0.3, 0.4) is 0 Å². The fraction of sp³-hybridized carbons (Fsp3) is 0.611. The molecule has 1 saturated carbocycles. The minimum atomic E-state index is 0.0989. The smallest absolute Gasteiger partial charge is 0.228 e. The largest absolute Gasteiger partial charge is 0.381 e. The zero-order chi connectivity index (χ0) is 14.7. The molecule has 3 rings (SSSR count). The van der Waals surface area contributed by atoms with Crippen LogP contribution in [0.15, 0.2) is 30.3 Å². The van der Waals surface area contributed by atoms with Gasteiger partial charge in [-0.15, -0.1) is 0 Å². The average Bonchev–Trinajstić information content (AvgIpc) is 3.09. The van der Waals surface area contributed by atoms with Crippen molar-refractivity contribution in [2.24, 2.45) is 5.92 Å². The van der Waals surface area contributed by atoms with Crippen LogP contribution in [0.4, 0.5) is 0 Å². The summed E-state index contributed by atoms with van der Waals surface area (Å²) in [6, 6.07) is 11.2. The van der Waals surface area contributed by atoms with Crippen LogP contribution in [-0.2, 0) is 9.53 Å². The van der Waals surface area contributed by atoms with Crippen LogP contribution in [-0.4, -0.2) is 37.1 Å². The minimum Gasteiger partial charge on any atom is -0.381 e. The maximum Gasteiger partial charge on any atom is 0.228 e. The molecule has 2 fully saturated rings. The first-order valence-electron chi connectivity index (χ1n) is 8.15. The normalized spacial score (nSPS) is 29.3. The minimum absolute atomic E-state index is 0.0989. The second kappa shape index (κ2) is 6.61. The van der Waals surface area contributed by atoms with Crippen molar-refractivity contribution < 1.29 is 9.53 Å². The second-order valence-electron chi connectivity index (χ2n) is 6.43. The van der Waals surface area contributed by atoms with Gasteiger partial charge in [-0.2, -0.15) is 0 Å². The van der Waals surface area contributed by atoms with Gasteiger partial charge in [0.05, 0.1) is 12.5 Å². The lowest BCUT2D eigenvalue weighted by atomic mass is 9.81. The first-order chi connectivity index (χ1) is 10.3. The van der Waals surface area contributed by atoms with Crippen LogP contribution in [0.25, 0.3) is 0 Å². The van der Waals surface area contributed by atoms with Gasteiger partial charge in [0.1, 0.15) is 0 Å². The van der Waals surface area contributed by atoms with E-state index in [1.54, 1.807) is 0 Å². The molecule has 1 aliphatic heterocycles. The zero-order valence-electron chi connectivity index (χ0n) is 12.8. The Kier molecular flexibility index (Phi) is 4.59. The lowest BCUT2D eigenvalue weighted by Crippen LogP contribution is -2.42. The van der Waals surface area contributed by atoms with E-state index < -0.39 is 0 Å². The highest BCUT2D eigenvalue weighted by atomic mass is 16.5. The molecule has 114 valence electrons. The first kappa shape index (κ1) is 14.6. The van der Waals surface area contributed by atoms with Crippen molar-refractivity contribution in [1.29, 1.82) is 0 Å². The molecule has 1 unspecified atom stereocenters. The Morgan fingerprint density at radius 1 is 1.10 bits per heavy atom. The summed E-state index contributed by atoms with van der Waals surface area (Å²) < 4.78 is 5.34. The summed E-state index contributed by atoms with van der Waals surface area (Å²) in [5.41, 5.74) is 1.45. The standard InChI is InChI=1S/C18H25NO2/c1-19(18(20)16-11-12-21-13-16)17-9-7-15(8-10-17)14-5-3-2-4-6-14/h2-6,15-17H,7-13H2,1H3. The molecule has 1 aliphatic carbocycles. The Bertz CT molecular complexity index is 459. The van der Waals surface area contributed by atoms with E-state index in [-0.39, 0.29) is 11.8 Å². The molecule has 1 atom stereocenters. The Hall–Kier alpha value is -1.35. The van der Waals surface area contributed by atoms with Gasteiger partial charge in [0.2, 0.25) is 5.91 Å². The van der Waals surface area contributed by atoms with Crippen LogP contribution < -0.4 is 0 Å². The van der Waals surface area contributed by atoms with E-state index >= 15 is 0 Å². The van der Waals surface area contributed by atoms with Crippen LogP contribution in [0.1, 0.15) is 43.6 Å². The molecular formula is C18H25NO2. The highest BCUT2D eigenvalue weighted by molar-refractivity contribution is 5.79. The number of carbonyl (C=O) groups is 1. The van der Waals surface area contributed by atoms with Crippen molar-refractivity contribution in [2.75, 3.05) is 20.3 Å². The topological polar surface area (TPSA) is 29.5 Å². The van der Waals surface area contributed by atoms with Gasteiger partial charge in [-0.3, -0.25) is 4.79 Å². The lowest BCUT2D eigenvalue weighted by molar-refractivity contribution is -0.136. The zero-order valence-corrected chi connectivity index (χ0v) is 12.8. The van der Waals surface area contributed by atoms with Gasteiger partial charge < -0.3 is 9.64 Å². The van der Waals surface area contributed by atoms with Gasteiger partial charge >= 0.3 is 0 Å². The maximum atomic E-state index is 12.4. The number of carbonyl (C=O) groups excluding carboxylic acids is 1. The van der Waals surface area contributed by atoms with E-state index in [2.05, 4.69) is 30.3 Å². The number of ether oxygens (including phenoxy) is 1. The Morgan fingerprint density at radius 2 is 1.81 bits per heavy atom. The first-order valence-corrected chi connectivity index (χ1v) is 8.15. The summed E-state index contributed by atoms with van der Waals surface area (Å²) in [6.07, 6.45) is 5.51. The number of hydrogen-bond donors (Lipinski definition) is 0. The quantitative estimate of drug-likeness (QED) is 0.854. The lowest BCUT2D eigenvalue weighted by Gasteiger charge is -2.36. The van der Waals surface area contributed by atoms with Crippen LogP contribution in [0.2, 0.25) is 0 Å². The van der Waals surface area contributed by atoms with E-state index in [1.807, 2.05) is 11.9 Å². The Morgan fingerprint density at radius 3 is 2.43 bits per heavy atom. The molecule has 1 saturated heterocycles. The van der Waals surface area contributed by atoms with Crippen molar-refractivity contribution in [1.82, 2.24) is 4.90 Å². The summed E-state index contributed by atoms with van der Waals surface area (Å²) in [5.74, 6) is 1.05. The van der Waals surface area contributed by atoms with Gasteiger partial charge in [-0.1, -0.05) is 30.3 Å². The van der Waals surface area contributed by atoms with Crippen molar-refractivity contribution in [3.8, 4) is 0 Å². The van der Waals surface area contributed by atoms with Crippen LogP contribution >= 0.6 is 0 Å². The molecule has 1 heterocycles. The molecule has 0 N–H and O–H groups in total. The molecule has 0 aromatic heterocycles. The molecule has 1 aromatic carbocycles. The van der Waals surface area contributed by atoms with Crippen LogP contribution in [0.5, 0.6) is 0 Å². The molecular weight excluding hydrogens is 262 g/mol. The van der Waals surface area contributed by atoms with E-state index in [0.29, 0.717) is 18.6 Å². The number of amides is 1. The molecule has 3 nitrogen and oxygen atoms in total. The van der Waals surface area contributed by atoms with Crippen molar-refractivity contribution in [3.05, 3.63) is 35.9 Å². The summed E-state index contributed by atoms with van der Waals surface area (Å²) in [5, 5.41) is 0. The van der Waals surface area contributed by atoms with Gasteiger partial charge in [-0.25, -0.2) is 0 Å². The molecule has 1 aromatic rings. The third-order valence-electron chi connectivity index (χ3n) is 5.14. The van der Waals surface area contributed by atoms with E-state index in [1.165, 1.54) is 18.4 Å². The highest BCUT2D eigenvalue weighted by Crippen LogP contribution is 2.34. The molecule has 21 heavy (non-hydrogen) atoms. The van der Waals surface area contributed by atoms with E-state index in [9.17, 15) is 4.79 Å². The maximum absolute atomic E-state index is 12.4. The van der Waals surface area contributed by atoms with Gasteiger partial charge in [-0.05, 0) is 43.6 Å². The number of benzene rings is 1. The van der Waals surface area contributed by atoms with Crippen molar-refractivity contribution in [3.63, 3.8) is 0 Å². The average molecular weight is 287 g/mol. The number of rotatable bonds is 3. The summed E-state index contributed by atoms with van der Waals surface area (Å²) in [7, 11) is 1.98. The van der Waals surface area contributed by atoms with E-state index in [0.717, 1.165) is 25.9 Å². The Labute approximate surface area is 127 Å². The molecule has 0 bridgehead atoms. The molecule has 2 aliphatic rings. The molecule has 0 radical (unpaired) electrons. The van der Waals surface area contributed by atoms with Crippen LogP contribution in [0, 0.1) is 5.92 Å². The third kappa shape index (κ3) is 3.29. The summed E-state index contributed by atoms with van der Waals surface area (Å²) >= 11 is 0. The van der Waals surface area contributed by atoms with Crippen molar-refractivity contribution >= 4 is 5.91 Å². The van der Waals surface area contributed by atoms with Gasteiger partial charge in [0.15, 0.2) is 0 Å². The predicted octanol–water partition coefficient (Wildman–Crippen LogP) is 3.21. The van der Waals surface area contributed by atoms with Gasteiger partial charge in [0.25, 0.3) is 0 Å². The van der Waals surface area contributed by atoms with Crippen molar-refractivity contribution in [2.45, 2.75) is 44.1 Å². The monoisotopic (exact) mass is 287 g/mol. The Balaban J connectivity index is 1.54. The highest BCUT2D eigenvalue weighted by Gasteiger charge is 2.32. The molecule has 0 spiro atoms. The third-order valence-corrected chi connectivity index (χ3v) is 5.14. The fourth-order valence-electron chi connectivity index (χ4n) is 3.72. The fourth-order valence-corrected chi connectivity index (χ4v) is 3.72. The molecule has 3 heteroatoms. The van der Waals surface area contributed by atoms with Gasteiger partial charge in [0, 0.05) is 19.7 Å². The van der Waals surface area contributed by atoms with E-state index in [4.69, 9.17) is 4.74 Å².